The summed E-state index contributed by atoms with van der Waals surface area (Å²) in [5.74, 6) is 0.0402. The van der Waals surface area contributed by atoms with Crippen LogP contribution in [0.3, 0.4) is 0 Å². The number of hydrogen-bond donors (Lipinski definition) is 1. The molecule has 0 fully saturated rings. The van der Waals surface area contributed by atoms with Gasteiger partial charge in [0.25, 0.3) is 5.91 Å². The number of amides is 1. The van der Waals surface area contributed by atoms with Gasteiger partial charge in [-0.1, -0.05) is 18.3 Å². The van der Waals surface area contributed by atoms with Crippen LogP contribution in [-0.4, -0.2) is 28.9 Å². The number of nitrogens with zero attached hydrogens (tertiary/aromatic N) is 1. The maximum atomic E-state index is 12.4. The highest BCUT2D eigenvalue weighted by Gasteiger charge is 2.20. The Bertz CT molecular complexity index is 513. The van der Waals surface area contributed by atoms with Gasteiger partial charge in [0.15, 0.2) is 0 Å². The summed E-state index contributed by atoms with van der Waals surface area (Å²) in [5.41, 5.74) is 9.00. The summed E-state index contributed by atoms with van der Waals surface area (Å²) in [6.45, 7) is 1.96. The van der Waals surface area contributed by atoms with E-state index < -0.39 is 0 Å². The lowest BCUT2D eigenvalue weighted by Crippen LogP contribution is -2.37. The van der Waals surface area contributed by atoms with Crippen molar-refractivity contribution >= 4 is 23.1 Å². The third-order valence-electron chi connectivity index (χ3n) is 3.82. The first kappa shape index (κ1) is 14.0. The van der Waals surface area contributed by atoms with Gasteiger partial charge < -0.3 is 10.6 Å². The first-order valence-corrected chi connectivity index (χ1v) is 7.07. The molecule has 1 atom stereocenters. The Morgan fingerprint density at radius 1 is 1.42 bits per heavy atom. The van der Waals surface area contributed by atoms with Crippen LogP contribution < -0.4 is 5.73 Å². The highest BCUT2D eigenvalue weighted by atomic mass is 32.1. The van der Waals surface area contributed by atoms with Crippen molar-refractivity contribution in [1.29, 1.82) is 0 Å². The molecular weight excluding hydrogens is 256 g/mol. The quantitative estimate of drug-likeness (QED) is 0.858. The zero-order chi connectivity index (χ0) is 14.0. The number of benzene rings is 1. The second-order valence-corrected chi connectivity index (χ2v) is 5.80. The van der Waals surface area contributed by atoms with Gasteiger partial charge in [0, 0.05) is 25.1 Å². The van der Waals surface area contributed by atoms with Crippen LogP contribution in [0.5, 0.6) is 0 Å². The van der Waals surface area contributed by atoms with Crippen LogP contribution in [0.2, 0.25) is 0 Å². The second kappa shape index (κ2) is 5.70. The van der Waals surface area contributed by atoms with Crippen LogP contribution in [0, 0.1) is 0 Å². The minimum Gasteiger partial charge on any atom is -0.393 e. The van der Waals surface area contributed by atoms with Crippen LogP contribution in [0.4, 0.5) is 0 Å². The predicted octanol–water partition coefficient (Wildman–Crippen LogP) is 2.31. The molecule has 4 heteroatoms. The van der Waals surface area contributed by atoms with E-state index >= 15 is 0 Å². The second-order valence-electron chi connectivity index (χ2n) is 5.27. The fourth-order valence-corrected chi connectivity index (χ4v) is 2.78. The molecule has 1 aliphatic rings. The molecule has 2 N–H and O–H groups in total. The van der Waals surface area contributed by atoms with Crippen molar-refractivity contribution in [2.24, 2.45) is 5.73 Å². The monoisotopic (exact) mass is 276 g/mol. The molecule has 0 saturated heterocycles. The van der Waals surface area contributed by atoms with Crippen LogP contribution in [0.15, 0.2) is 18.2 Å². The average Bonchev–Trinajstić information content (AvgIpc) is 2.83. The number of nitrogens with two attached hydrogens (primary N) is 1. The maximum Gasteiger partial charge on any atom is 0.253 e. The van der Waals surface area contributed by atoms with E-state index in [1.165, 1.54) is 17.5 Å². The molecule has 1 aromatic rings. The molecule has 1 amide bonds. The number of carbonyl (C=O) groups excluding carboxylic acids is 1. The predicted molar refractivity (Wildman–Crippen MR) is 81.4 cm³/mol. The number of carbonyl (C=O) groups is 1. The molecule has 1 unspecified atom stereocenters. The summed E-state index contributed by atoms with van der Waals surface area (Å²) in [6.07, 6.45) is 3.98. The van der Waals surface area contributed by atoms with E-state index in [4.69, 9.17) is 18.0 Å². The molecule has 0 saturated carbocycles. The van der Waals surface area contributed by atoms with Gasteiger partial charge in [-0.15, -0.1) is 0 Å². The van der Waals surface area contributed by atoms with Gasteiger partial charge in [-0.3, -0.25) is 4.79 Å². The Kier molecular flexibility index (Phi) is 4.20. The summed E-state index contributed by atoms with van der Waals surface area (Å²) < 4.78 is 0. The van der Waals surface area contributed by atoms with E-state index in [1.54, 1.807) is 11.9 Å². The first-order chi connectivity index (χ1) is 8.99. The number of thiocarbonyl (C=S) groups is 1. The van der Waals surface area contributed by atoms with Gasteiger partial charge >= 0.3 is 0 Å². The standard InChI is InChI=1S/C15H20N2OS/c1-10(8-14(16)19)17(2)15(18)13-7-6-11-4-3-5-12(11)9-13/h6-7,9-10H,3-5,8H2,1-2H3,(H2,16,19). The van der Waals surface area contributed by atoms with Gasteiger partial charge in [-0.05, 0) is 49.4 Å². The normalized spacial score (nSPS) is 14.8. The Hall–Kier alpha value is -1.42. The third kappa shape index (κ3) is 3.13. The highest BCUT2D eigenvalue weighted by molar-refractivity contribution is 7.80. The number of hydrogen-bond acceptors (Lipinski definition) is 2. The molecule has 1 aliphatic carbocycles. The van der Waals surface area contributed by atoms with Crippen molar-refractivity contribution in [2.45, 2.75) is 38.6 Å². The Balaban J connectivity index is 2.13. The Morgan fingerprint density at radius 3 is 2.79 bits per heavy atom. The zero-order valence-electron chi connectivity index (χ0n) is 11.5. The molecule has 0 spiro atoms. The Morgan fingerprint density at radius 2 is 2.11 bits per heavy atom. The van der Waals surface area contributed by atoms with Gasteiger partial charge in [0.2, 0.25) is 0 Å². The summed E-state index contributed by atoms with van der Waals surface area (Å²) >= 11 is 4.90. The van der Waals surface area contributed by atoms with E-state index in [-0.39, 0.29) is 11.9 Å². The molecule has 0 bridgehead atoms. The van der Waals surface area contributed by atoms with Crippen LogP contribution in [0.1, 0.15) is 41.3 Å². The molecule has 0 heterocycles. The minimum absolute atomic E-state index is 0.0262. The van der Waals surface area contributed by atoms with Crippen molar-refractivity contribution in [1.82, 2.24) is 4.90 Å². The van der Waals surface area contributed by atoms with E-state index in [0.717, 1.165) is 18.4 Å². The Labute approximate surface area is 119 Å². The van der Waals surface area contributed by atoms with Crippen molar-refractivity contribution in [3.8, 4) is 0 Å². The number of rotatable bonds is 4. The number of aryl methyl sites for hydroxylation is 2. The van der Waals surface area contributed by atoms with Crippen LogP contribution in [0.25, 0.3) is 0 Å². The largest absolute Gasteiger partial charge is 0.393 e. The van der Waals surface area contributed by atoms with Crippen molar-refractivity contribution < 1.29 is 4.79 Å². The third-order valence-corrected chi connectivity index (χ3v) is 3.99. The SMILES string of the molecule is CC(CC(N)=S)N(C)C(=O)c1ccc2c(c1)CCC2. The molecule has 0 radical (unpaired) electrons. The van der Waals surface area contributed by atoms with E-state index in [1.807, 2.05) is 19.1 Å². The molecule has 102 valence electrons. The van der Waals surface area contributed by atoms with Crippen LogP contribution >= 0.6 is 12.2 Å². The molecule has 19 heavy (non-hydrogen) atoms. The molecule has 0 aromatic heterocycles. The lowest BCUT2D eigenvalue weighted by Gasteiger charge is -2.25. The van der Waals surface area contributed by atoms with Crippen molar-refractivity contribution in [3.05, 3.63) is 34.9 Å². The molecule has 3 nitrogen and oxygen atoms in total. The smallest absolute Gasteiger partial charge is 0.253 e. The van der Waals surface area contributed by atoms with E-state index in [0.29, 0.717) is 11.4 Å². The van der Waals surface area contributed by atoms with Crippen molar-refractivity contribution in [3.63, 3.8) is 0 Å². The molecule has 0 aliphatic heterocycles. The van der Waals surface area contributed by atoms with E-state index in [2.05, 4.69) is 6.07 Å². The lowest BCUT2D eigenvalue weighted by molar-refractivity contribution is 0.0748. The summed E-state index contributed by atoms with van der Waals surface area (Å²) in [4.78, 5) is 14.6. The first-order valence-electron chi connectivity index (χ1n) is 6.66. The fraction of sp³-hybridized carbons (Fsp3) is 0.467. The fourth-order valence-electron chi connectivity index (χ4n) is 2.54. The van der Waals surface area contributed by atoms with Gasteiger partial charge in [-0.25, -0.2) is 0 Å². The molecule has 2 rings (SSSR count). The number of fused-ring (bicyclic) bond motifs is 1. The maximum absolute atomic E-state index is 12.4. The zero-order valence-corrected chi connectivity index (χ0v) is 12.3. The van der Waals surface area contributed by atoms with Crippen LogP contribution in [-0.2, 0) is 12.8 Å². The summed E-state index contributed by atoms with van der Waals surface area (Å²) in [7, 11) is 1.80. The topological polar surface area (TPSA) is 46.3 Å². The minimum atomic E-state index is 0.0262. The average molecular weight is 276 g/mol. The molecule has 1 aromatic carbocycles. The van der Waals surface area contributed by atoms with Crippen molar-refractivity contribution in [2.75, 3.05) is 7.05 Å². The lowest BCUT2D eigenvalue weighted by atomic mass is 10.0. The summed E-state index contributed by atoms with van der Waals surface area (Å²) in [6, 6.07) is 6.07. The van der Waals surface area contributed by atoms with Gasteiger partial charge in [0.05, 0.1) is 4.99 Å². The van der Waals surface area contributed by atoms with Gasteiger partial charge in [0.1, 0.15) is 0 Å². The van der Waals surface area contributed by atoms with E-state index in [9.17, 15) is 4.79 Å². The summed E-state index contributed by atoms with van der Waals surface area (Å²) in [5, 5.41) is 0. The highest BCUT2D eigenvalue weighted by Crippen LogP contribution is 2.23. The molecular formula is C15H20N2OS. The van der Waals surface area contributed by atoms with Gasteiger partial charge in [-0.2, -0.15) is 0 Å².